The van der Waals surface area contributed by atoms with Crippen LogP contribution in [0.15, 0.2) is 30.5 Å². The maximum Gasteiger partial charge on any atom is 0.336 e. The molecule has 5 nitrogen and oxygen atoms in total. The second-order valence-electron chi connectivity index (χ2n) is 2.49. The molecule has 0 radical (unpaired) electrons. The van der Waals surface area contributed by atoms with Gasteiger partial charge in [0.1, 0.15) is 0 Å². The van der Waals surface area contributed by atoms with Crippen LogP contribution >= 0.6 is 0 Å². The lowest BCUT2D eigenvalue weighted by Crippen LogP contribution is -1.98. The summed E-state index contributed by atoms with van der Waals surface area (Å²) in [6, 6.07) is 6.07. The van der Waals surface area contributed by atoms with Crippen LogP contribution in [-0.2, 0) is 0 Å². The summed E-state index contributed by atoms with van der Waals surface area (Å²) in [4.78, 5) is 20.0. The molecule has 1 N–H and O–H groups in total. The van der Waals surface area contributed by atoms with Gasteiger partial charge in [0.2, 0.25) is 6.20 Å². The van der Waals surface area contributed by atoms with Crippen LogP contribution < -0.4 is 0 Å². The first-order valence-electron chi connectivity index (χ1n) is 3.75. The fourth-order valence-electron chi connectivity index (χ4n) is 0.978. The van der Waals surface area contributed by atoms with Gasteiger partial charge in [0.05, 0.1) is 10.5 Å². The highest BCUT2D eigenvalue weighted by molar-refractivity contribution is 5.91. The molecule has 0 fully saturated rings. The summed E-state index contributed by atoms with van der Waals surface area (Å²) in [5.41, 5.74) is 0.363. The predicted octanol–water partition coefficient (Wildman–Crippen LogP) is 1.63. The molecule has 0 aromatic heterocycles. The molecule has 72 valence electrons. The summed E-state index contributed by atoms with van der Waals surface area (Å²) < 4.78 is 0. The van der Waals surface area contributed by atoms with E-state index in [0.29, 0.717) is 11.8 Å². The number of aromatic carboxylic acids is 1. The van der Waals surface area contributed by atoms with Crippen molar-refractivity contribution in [1.29, 1.82) is 0 Å². The number of nitrogens with zero attached hydrogens (tertiary/aromatic N) is 1. The van der Waals surface area contributed by atoms with Crippen molar-refractivity contribution < 1.29 is 14.8 Å². The van der Waals surface area contributed by atoms with Crippen molar-refractivity contribution in [2.45, 2.75) is 0 Å². The van der Waals surface area contributed by atoms with E-state index in [1.54, 1.807) is 12.1 Å². The standard InChI is InChI=1S/C9H7NO4/c11-9(12)8-4-2-1-3-7(8)5-6-10(13)14/h1-6H,(H,11,12)/b6-5+. The topological polar surface area (TPSA) is 80.4 Å². The summed E-state index contributed by atoms with van der Waals surface area (Å²) in [5, 5.41) is 18.8. The van der Waals surface area contributed by atoms with Gasteiger partial charge < -0.3 is 5.11 Å². The molecule has 1 aromatic rings. The molecule has 0 aliphatic rings. The largest absolute Gasteiger partial charge is 0.478 e. The third-order valence-corrected chi connectivity index (χ3v) is 1.57. The van der Waals surface area contributed by atoms with Crippen LogP contribution in [0.4, 0.5) is 0 Å². The monoisotopic (exact) mass is 193 g/mol. The van der Waals surface area contributed by atoms with Gasteiger partial charge in [-0.3, -0.25) is 10.1 Å². The van der Waals surface area contributed by atoms with Gasteiger partial charge in [-0.25, -0.2) is 4.79 Å². The van der Waals surface area contributed by atoms with E-state index in [1.807, 2.05) is 0 Å². The molecule has 0 aliphatic heterocycles. The predicted molar refractivity (Wildman–Crippen MR) is 49.4 cm³/mol. The molecule has 14 heavy (non-hydrogen) atoms. The number of hydrogen-bond acceptors (Lipinski definition) is 3. The number of carbonyl (C=O) groups is 1. The van der Waals surface area contributed by atoms with Crippen LogP contribution in [0, 0.1) is 10.1 Å². The van der Waals surface area contributed by atoms with E-state index >= 15 is 0 Å². The minimum atomic E-state index is -1.10. The number of nitro groups is 1. The van der Waals surface area contributed by atoms with E-state index < -0.39 is 10.9 Å². The molecule has 1 aromatic carbocycles. The van der Waals surface area contributed by atoms with Gasteiger partial charge in [-0.2, -0.15) is 0 Å². The lowest BCUT2D eigenvalue weighted by atomic mass is 10.1. The van der Waals surface area contributed by atoms with Crippen LogP contribution in [0.3, 0.4) is 0 Å². The highest BCUT2D eigenvalue weighted by atomic mass is 16.6. The average molecular weight is 193 g/mol. The number of benzene rings is 1. The number of hydrogen-bond donors (Lipinski definition) is 1. The number of carboxylic acid groups (broad SMARTS) is 1. The lowest BCUT2D eigenvalue weighted by molar-refractivity contribution is -0.400. The van der Waals surface area contributed by atoms with E-state index in [9.17, 15) is 14.9 Å². The Balaban J connectivity index is 3.07. The van der Waals surface area contributed by atoms with Crippen LogP contribution in [0.1, 0.15) is 15.9 Å². The van der Waals surface area contributed by atoms with Gasteiger partial charge in [-0.15, -0.1) is 0 Å². The second kappa shape index (κ2) is 4.18. The molecule has 0 spiro atoms. The molecule has 0 heterocycles. The van der Waals surface area contributed by atoms with Crippen LogP contribution in [0.2, 0.25) is 0 Å². The lowest BCUT2D eigenvalue weighted by Gasteiger charge is -1.97. The van der Waals surface area contributed by atoms with Gasteiger partial charge in [0, 0.05) is 6.08 Å². The van der Waals surface area contributed by atoms with Gasteiger partial charge >= 0.3 is 5.97 Å². The van der Waals surface area contributed by atoms with Crippen LogP contribution in [-0.4, -0.2) is 16.0 Å². The zero-order valence-electron chi connectivity index (χ0n) is 7.08. The third kappa shape index (κ3) is 2.41. The Kier molecular flexibility index (Phi) is 2.96. The molecule has 0 amide bonds. The smallest absolute Gasteiger partial charge is 0.336 e. The van der Waals surface area contributed by atoms with Gasteiger partial charge in [0.15, 0.2) is 0 Å². The normalized spacial score (nSPS) is 10.3. The first kappa shape index (κ1) is 9.91. The van der Waals surface area contributed by atoms with Crippen molar-refractivity contribution in [2.24, 2.45) is 0 Å². The summed E-state index contributed by atoms with van der Waals surface area (Å²) >= 11 is 0. The Bertz CT molecular complexity index is 398. The second-order valence-corrected chi connectivity index (χ2v) is 2.49. The van der Waals surface area contributed by atoms with Gasteiger partial charge in [-0.1, -0.05) is 18.2 Å². The maximum atomic E-state index is 10.7. The van der Waals surface area contributed by atoms with E-state index in [1.165, 1.54) is 12.1 Å². The SMILES string of the molecule is O=C(O)c1ccccc1/C=C/[N+](=O)[O-]. The Hall–Kier alpha value is -2.17. The summed E-state index contributed by atoms with van der Waals surface area (Å²) in [6.07, 6.45) is 1.87. The molecular formula is C9H7NO4. The van der Waals surface area contributed by atoms with Crippen LogP contribution in [0.25, 0.3) is 6.08 Å². The van der Waals surface area contributed by atoms with Crippen molar-refractivity contribution in [3.8, 4) is 0 Å². The Morgan fingerprint density at radius 3 is 2.64 bits per heavy atom. The number of rotatable bonds is 3. The fourth-order valence-corrected chi connectivity index (χ4v) is 0.978. The summed E-state index contributed by atoms with van der Waals surface area (Å²) in [6.45, 7) is 0. The molecule has 5 heteroatoms. The van der Waals surface area contributed by atoms with Crippen LogP contribution in [0.5, 0.6) is 0 Å². The molecule has 0 saturated heterocycles. The van der Waals surface area contributed by atoms with Gasteiger partial charge in [0.25, 0.3) is 0 Å². The fraction of sp³-hybridized carbons (Fsp3) is 0. The molecule has 0 saturated carbocycles. The summed E-state index contributed by atoms with van der Waals surface area (Å²) in [5.74, 6) is -1.10. The molecule has 0 aliphatic carbocycles. The van der Waals surface area contributed by atoms with Crippen molar-refractivity contribution in [2.75, 3.05) is 0 Å². The molecule has 1 rings (SSSR count). The molecule has 0 atom stereocenters. The number of carboxylic acids is 1. The summed E-state index contributed by atoms with van der Waals surface area (Å²) in [7, 11) is 0. The minimum Gasteiger partial charge on any atom is -0.478 e. The third-order valence-electron chi connectivity index (χ3n) is 1.57. The van der Waals surface area contributed by atoms with E-state index in [4.69, 9.17) is 5.11 Å². The highest BCUT2D eigenvalue weighted by Gasteiger charge is 2.06. The van der Waals surface area contributed by atoms with Crippen molar-refractivity contribution >= 4 is 12.0 Å². The van der Waals surface area contributed by atoms with Gasteiger partial charge in [-0.05, 0) is 11.6 Å². The Morgan fingerprint density at radius 1 is 1.43 bits per heavy atom. The Morgan fingerprint density at radius 2 is 2.07 bits per heavy atom. The van der Waals surface area contributed by atoms with Crippen molar-refractivity contribution in [1.82, 2.24) is 0 Å². The zero-order valence-corrected chi connectivity index (χ0v) is 7.08. The van der Waals surface area contributed by atoms with E-state index in [2.05, 4.69) is 0 Å². The molecule has 0 bridgehead atoms. The quantitative estimate of drug-likeness (QED) is 0.584. The minimum absolute atomic E-state index is 0.0469. The maximum absolute atomic E-state index is 10.7. The van der Waals surface area contributed by atoms with E-state index in [-0.39, 0.29) is 5.56 Å². The van der Waals surface area contributed by atoms with E-state index in [0.717, 1.165) is 6.08 Å². The van der Waals surface area contributed by atoms with Crippen molar-refractivity contribution in [3.05, 3.63) is 51.7 Å². The molecule has 0 unspecified atom stereocenters. The first-order valence-corrected chi connectivity index (χ1v) is 3.75. The highest BCUT2D eigenvalue weighted by Crippen LogP contribution is 2.10. The molecular weight excluding hydrogens is 186 g/mol. The first-order chi connectivity index (χ1) is 6.61. The Labute approximate surface area is 79.4 Å². The zero-order chi connectivity index (χ0) is 10.6. The van der Waals surface area contributed by atoms with Crippen molar-refractivity contribution in [3.63, 3.8) is 0 Å². The average Bonchev–Trinajstić information content (AvgIpc) is 2.15.